The van der Waals surface area contributed by atoms with E-state index < -0.39 is 0 Å². The van der Waals surface area contributed by atoms with Gasteiger partial charge in [0.15, 0.2) is 0 Å². The first-order chi connectivity index (χ1) is 10.0. The smallest absolute Gasteiger partial charge is 0.255 e. The van der Waals surface area contributed by atoms with Gasteiger partial charge in [0.2, 0.25) is 0 Å². The summed E-state index contributed by atoms with van der Waals surface area (Å²) in [5, 5.41) is 10.2. The average Bonchev–Trinajstić information content (AvgIpc) is 2.75. The Morgan fingerprint density at radius 2 is 1.86 bits per heavy atom. The molecule has 1 aromatic heterocycles. The molecule has 0 unspecified atom stereocenters. The van der Waals surface area contributed by atoms with Gasteiger partial charge in [0.25, 0.3) is 5.91 Å². The van der Waals surface area contributed by atoms with Gasteiger partial charge in [0.1, 0.15) is 5.82 Å². The SMILES string of the molecule is CNCCNC(=O)c1c(C)nn(-c2ccc(F)cc2)c1C.Cl. The largest absolute Gasteiger partial charge is 0.351 e. The lowest BCUT2D eigenvalue weighted by molar-refractivity contribution is 0.0953. The number of rotatable bonds is 5. The summed E-state index contributed by atoms with van der Waals surface area (Å²) in [6.45, 7) is 4.88. The molecule has 0 spiro atoms. The number of amides is 1. The van der Waals surface area contributed by atoms with Gasteiger partial charge in [-0.25, -0.2) is 9.07 Å². The van der Waals surface area contributed by atoms with Crippen LogP contribution in [0.15, 0.2) is 24.3 Å². The van der Waals surface area contributed by atoms with Crippen LogP contribution in [0.4, 0.5) is 4.39 Å². The molecular formula is C15H20ClFN4O. The molecule has 2 N–H and O–H groups in total. The van der Waals surface area contributed by atoms with E-state index in [9.17, 15) is 9.18 Å². The van der Waals surface area contributed by atoms with Crippen molar-refractivity contribution in [2.75, 3.05) is 20.1 Å². The number of hydrogen-bond acceptors (Lipinski definition) is 3. The highest BCUT2D eigenvalue weighted by Crippen LogP contribution is 2.18. The Morgan fingerprint density at radius 3 is 2.45 bits per heavy atom. The molecule has 120 valence electrons. The van der Waals surface area contributed by atoms with Crippen LogP contribution in [-0.4, -0.2) is 35.8 Å². The molecule has 0 aliphatic rings. The second-order valence-electron chi connectivity index (χ2n) is 4.79. The van der Waals surface area contributed by atoms with Crippen LogP contribution in [0.3, 0.4) is 0 Å². The number of aryl methyl sites for hydroxylation is 1. The van der Waals surface area contributed by atoms with E-state index in [0.29, 0.717) is 24.3 Å². The molecule has 0 saturated heterocycles. The van der Waals surface area contributed by atoms with Gasteiger partial charge in [-0.15, -0.1) is 12.4 Å². The molecule has 0 saturated carbocycles. The minimum Gasteiger partial charge on any atom is -0.351 e. The number of carbonyl (C=O) groups is 1. The number of likely N-dealkylation sites (N-methyl/N-ethyl adjacent to an activating group) is 1. The van der Waals surface area contributed by atoms with Gasteiger partial charge in [-0.2, -0.15) is 5.10 Å². The van der Waals surface area contributed by atoms with Crippen molar-refractivity contribution < 1.29 is 9.18 Å². The lowest BCUT2D eigenvalue weighted by Crippen LogP contribution is -2.31. The summed E-state index contributed by atoms with van der Waals surface area (Å²) in [5.41, 5.74) is 2.68. The van der Waals surface area contributed by atoms with E-state index in [2.05, 4.69) is 15.7 Å². The summed E-state index contributed by atoms with van der Waals surface area (Å²) < 4.78 is 14.6. The summed E-state index contributed by atoms with van der Waals surface area (Å²) in [5.74, 6) is -0.445. The van der Waals surface area contributed by atoms with Gasteiger partial charge in [-0.3, -0.25) is 4.79 Å². The molecule has 0 fully saturated rings. The van der Waals surface area contributed by atoms with Gasteiger partial charge in [0.05, 0.1) is 22.6 Å². The van der Waals surface area contributed by atoms with Crippen molar-refractivity contribution in [3.05, 3.63) is 47.0 Å². The molecule has 5 nitrogen and oxygen atoms in total. The van der Waals surface area contributed by atoms with Crippen LogP contribution < -0.4 is 10.6 Å². The number of carbonyl (C=O) groups excluding carboxylic acids is 1. The van der Waals surface area contributed by atoms with Crippen LogP contribution in [0, 0.1) is 19.7 Å². The third kappa shape index (κ3) is 3.84. The van der Waals surface area contributed by atoms with Crippen molar-refractivity contribution in [2.24, 2.45) is 0 Å². The second-order valence-corrected chi connectivity index (χ2v) is 4.79. The Labute approximate surface area is 135 Å². The van der Waals surface area contributed by atoms with Gasteiger partial charge < -0.3 is 10.6 Å². The number of benzene rings is 1. The number of nitrogens with zero attached hydrogens (tertiary/aromatic N) is 2. The lowest BCUT2D eigenvalue weighted by atomic mass is 10.2. The van der Waals surface area contributed by atoms with Crippen LogP contribution in [-0.2, 0) is 0 Å². The van der Waals surface area contributed by atoms with Gasteiger partial charge >= 0.3 is 0 Å². The number of nitrogens with one attached hydrogen (secondary N) is 2. The summed E-state index contributed by atoms with van der Waals surface area (Å²) >= 11 is 0. The Balaban J connectivity index is 0.00000242. The van der Waals surface area contributed by atoms with Crippen molar-refractivity contribution >= 4 is 18.3 Å². The number of aromatic nitrogens is 2. The van der Waals surface area contributed by atoms with E-state index in [4.69, 9.17) is 0 Å². The van der Waals surface area contributed by atoms with Crippen molar-refractivity contribution in [2.45, 2.75) is 13.8 Å². The van der Waals surface area contributed by atoms with E-state index in [1.807, 2.05) is 14.0 Å². The maximum Gasteiger partial charge on any atom is 0.255 e. The van der Waals surface area contributed by atoms with E-state index >= 15 is 0 Å². The first-order valence-corrected chi connectivity index (χ1v) is 6.79. The maximum absolute atomic E-state index is 13.0. The predicted octanol–water partition coefficient (Wildman–Crippen LogP) is 2.00. The Bertz CT molecular complexity index is 640. The molecule has 22 heavy (non-hydrogen) atoms. The zero-order valence-corrected chi connectivity index (χ0v) is 13.6. The molecule has 0 aliphatic heterocycles. The Morgan fingerprint density at radius 1 is 1.23 bits per heavy atom. The van der Waals surface area contributed by atoms with Gasteiger partial charge in [-0.1, -0.05) is 0 Å². The molecule has 7 heteroatoms. The molecule has 0 bridgehead atoms. The highest BCUT2D eigenvalue weighted by Gasteiger charge is 2.18. The van der Waals surface area contributed by atoms with Crippen molar-refractivity contribution in [3.8, 4) is 5.69 Å². The van der Waals surface area contributed by atoms with E-state index in [1.165, 1.54) is 12.1 Å². The molecule has 1 aromatic carbocycles. The second kappa shape index (κ2) is 7.91. The van der Waals surface area contributed by atoms with Gasteiger partial charge in [0, 0.05) is 13.1 Å². The van der Waals surface area contributed by atoms with E-state index in [-0.39, 0.29) is 24.1 Å². The molecule has 0 radical (unpaired) electrons. The summed E-state index contributed by atoms with van der Waals surface area (Å²) in [7, 11) is 1.83. The molecule has 2 rings (SSSR count). The minimum absolute atomic E-state index is 0. The fourth-order valence-corrected chi connectivity index (χ4v) is 2.19. The van der Waals surface area contributed by atoms with Crippen LogP contribution >= 0.6 is 12.4 Å². The first-order valence-electron chi connectivity index (χ1n) is 6.79. The zero-order chi connectivity index (χ0) is 15.4. The zero-order valence-electron chi connectivity index (χ0n) is 12.8. The average molecular weight is 327 g/mol. The first kappa shape index (κ1) is 18.1. The molecule has 0 aliphatic carbocycles. The van der Waals surface area contributed by atoms with Crippen LogP contribution in [0.1, 0.15) is 21.7 Å². The number of halogens is 2. The van der Waals surface area contributed by atoms with Crippen molar-refractivity contribution in [1.29, 1.82) is 0 Å². The predicted molar refractivity (Wildman–Crippen MR) is 86.5 cm³/mol. The monoisotopic (exact) mass is 326 g/mol. The summed E-state index contributed by atoms with van der Waals surface area (Å²) in [6, 6.07) is 6.02. The van der Waals surface area contributed by atoms with Crippen LogP contribution in [0.5, 0.6) is 0 Å². The van der Waals surface area contributed by atoms with Crippen molar-refractivity contribution in [3.63, 3.8) is 0 Å². The summed E-state index contributed by atoms with van der Waals surface area (Å²) in [6.07, 6.45) is 0. The standard InChI is InChI=1S/C15H19FN4O.ClH/c1-10-14(15(21)18-9-8-17-3)11(2)20(19-10)13-6-4-12(16)5-7-13;/h4-7,17H,8-9H2,1-3H3,(H,18,21);1H. The maximum atomic E-state index is 13.0. The minimum atomic E-state index is -0.301. The lowest BCUT2D eigenvalue weighted by Gasteiger charge is -2.06. The fourth-order valence-electron chi connectivity index (χ4n) is 2.19. The Kier molecular flexibility index (Phi) is 6.52. The summed E-state index contributed by atoms with van der Waals surface area (Å²) in [4.78, 5) is 12.2. The third-order valence-electron chi connectivity index (χ3n) is 3.25. The molecule has 1 amide bonds. The molecule has 2 aromatic rings. The van der Waals surface area contributed by atoms with Gasteiger partial charge in [-0.05, 0) is 45.2 Å². The fraction of sp³-hybridized carbons (Fsp3) is 0.333. The number of hydrogen-bond donors (Lipinski definition) is 2. The Hall–Kier alpha value is -1.92. The molecule has 0 atom stereocenters. The highest BCUT2D eigenvalue weighted by molar-refractivity contribution is 5.96. The molecular weight excluding hydrogens is 307 g/mol. The topological polar surface area (TPSA) is 58.9 Å². The third-order valence-corrected chi connectivity index (χ3v) is 3.25. The quantitative estimate of drug-likeness (QED) is 0.826. The normalized spacial score (nSPS) is 10.2. The van der Waals surface area contributed by atoms with Crippen LogP contribution in [0.2, 0.25) is 0 Å². The van der Waals surface area contributed by atoms with Crippen molar-refractivity contribution in [1.82, 2.24) is 20.4 Å². The van der Waals surface area contributed by atoms with Crippen LogP contribution in [0.25, 0.3) is 5.69 Å². The highest BCUT2D eigenvalue weighted by atomic mass is 35.5. The molecule has 1 heterocycles. The van der Waals surface area contributed by atoms with E-state index in [0.717, 1.165) is 11.4 Å². The van der Waals surface area contributed by atoms with E-state index in [1.54, 1.807) is 23.7 Å².